The molecule has 0 spiro atoms. The van der Waals surface area contributed by atoms with Gasteiger partial charge in [-0.05, 0) is 42.3 Å². The summed E-state index contributed by atoms with van der Waals surface area (Å²) in [6.07, 6.45) is 1.04. The van der Waals surface area contributed by atoms with Gasteiger partial charge in [-0.15, -0.1) is 0 Å². The quantitative estimate of drug-likeness (QED) is 0.417. The van der Waals surface area contributed by atoms with E-state index in [1.807, 2.05) is 37.3 Å². The van der Waals surface area contributed by atoms with Crippen LogP contribution in [0.25, 0.3) is 0 Å². The molecule has 1 atom stereocenters. The van der Waals surface area contributed by atoms with Gasteiger partial charge in [0, 0.05) is 30.1 Å². The van der Waals surface area contributed by atoms with E-state index in [1.54, 1.807) is 42.5 Å². The molecule has 7 heteroatoms. The maximum Gasteiger partial charge on any atom is 0.261 e. The van der Waals surface area contributed by atoms with E-state index in [2.05, 4.69) is 5.32 Å². The van der Waals surface area contributed by atoms with Crippen molar-refractivity contribution < 1.29 is 18.7 Å². The zero-order valence-corrected chi connectivity index (χ0v) is 19.8. The van der Waals surface area contributed by atoms with Crippen LogP contribution in [-0.4, -0.2) is 35.9 Å². The Morgan fingerprint density at radius 2 is 1.68 bits per heavy atom. The van der Waals surface area contributed by atoms with Gasteiger partial charge >= 0.3 is 0 Å². The standard InChI is InChI=1S/C27H28ClFN2O3/c1-2-16-30-27(33)25(17-20-8-4-3-5-9-20)31(18-21-10-6-7-11-24(21)29)26(32)19-34-23-14-12-22(28)13-15-23/h3-15,25H,2,16-19H2,1H3,(H,30,33)/t25-/m1/s1. The lowest BCUT2D eigenvalue weighted by molar-refractivity contribution is -0.142. The van der Waals surface area contributed by atoms with Crippen LogP contribution in [0, 0.1) is 5.82 Å². The maximum absolute atomic E-state index is 14.5. The second-order valence-corrected chi connectivity index (χ2v) is 8.29. The average Bonchev–Trinajstić information content (AvgIpc) is 2.85. The van der Waals surface area contributed by atoms with Crippen LogP contribution in [0.1, 0.15) is 24.5 Å². The summed E-state index contributed by atoms with van der Waals surface area (Å²) in [5.41, 5.74) is 1.22. The summed E-state index contributed by atoms with van der Waals surface area (Å²) < 4.78 is 20.2. The summed E-state index contributed by atoms with van der Waals surface area (Å²) in [7, 11) is 0. The van der Waals surface area contributed by atoms with E-state index in [0.717, 1.165) is 12.0 Å². The van der Waals surface area contributed by atoms with Crippen LogP contribution in [0.5, 0.6) is 5.75 Å². The van der Waals surface area contributed by atoms with E-state index in [9.17, 15) is 14.0 Å². The highest BCUT2D eigenvalue weighted by Crippen LogP contribution is 2.19. The lowest BCUT2D eigenvalue weighted by Gasteiger charge is -2.31. The van der Waals surface area contributed by atoms with Crippen molar-refractivity contribution in [2.45, 2.75) is 32.4 Å². The Morgan fingerprint density at radius 3 is 2.35 bits per heavy atom. The summed E-state index contributed by atoms with van der Waals surface area (Å²) in [6, 6.07) is 21.5. The molecule has 0 heterocycles. The summed E-state index contributed by atoms with van der Waals surface area (Å²) in [5, 5.41) is 3.44. The van der Waals surface area contributed by atoms with Gasteiger partial charge in [0.05, 0.1) is 0 Å². The first-order valence-corrected chi connectivity index (χ1v) is 11.6. The van der Waals surface area contributed by atoms with E-state index < -0.39 is 17.8 Å². The van der Waals surface area contributed by atoms with Crippen molar-refractivity contribution in [1.29, 1.82) is 0 Å². The van der Waals surface area contributed by atoms with E-state index in [-0.39, 0.29) is 25.5 Å². The van der Waals surface area contributed by atoms with Crippen LogP contribution < -0.4 is 10.1 Å². The van der Waals surface area contributed by atoms with E-state index in [1.165, 1.54) is 11.0 Å². The number of nitrogens with zero attached hydrogens (tertiary/aromatic N) is 1. The largest absolute Gasteiger partial charge is 0.484 e. The molecule has 0 aliphatic heterocycles. The van der Waals surface area contributed by atoms with Gasteiger partial charge in [-0.1, -0.05) is 67.1 Å². The van der Waals surface area contributed by atoms with Gasteiger partial charge < -0.3 is 15.0 Å². The van der Waals surface area contributed by atoms with Crippen LogP contribution in [0.4, 0.5) is 4.39 Å². The monoisotopic (exact) mass is 482 g/mol. The Balaban J connectivity index is 1.89. The summed E-state index contributed by atoms with van der Waals surface area (Å²) in [4.78, 5) is 28.0. The molecule has 5 nitrogen and oxygen atoms in total. The third-order valence-electron chi connectivity index (χ3n) is 5.29. The molecule has 178 valence electrons. The average molecular weight is 483 g/mol. The molecule has 3 aromatic rings. The third kappa shape index (κ3) is 7.32. The smallest absolute Gasteiger partial charge is 0.261 e. The molecule has 0 aliphatic rings. The highest BCUT2D eigenvalue weighted by molar-refractivity contribution is 6.30. The minimum Gasteiger partial charge on any atom is -0.484 e. The van der Waals surface area contributed by atoms with E-state index in [4.69, 9.17) is 16.3 Å². The van der Waals surface area contributed by atoms with E-state index in [0.29, 0.717) is 22.9 Å². The van der Waals surface area contributed by atoms with E-state index >= 15 is 0 Å². The number of benzene rings is 3. The molecule has 0 radical (unpaired) electrons. The summed E-state index contributed by atoms with van der Waals surface area (Å²) >= 11 is 5.91. The topological polar surface area (TPSA) is 58.6 Å². The molecule has 0 saturated heterocycles. The minimum atomic E-state index is -0.838. The fraction of sp³-hybridized carbons (Fsp3) is 0.259. The maximum atomic E-state index is 14.5. The first-order chi connectivity index (χ1) is 16.5. The molecule has 2 amide bonds. The zero-order valence-electron chi connectivity index (χ0n) is 19.0. The van der Waals surface area contributed by atoms with Crippen molar-refractivity contribution in [3.05, 3.63) is 101 Å². The lowest BCUT2D eigenvalue weighted by atomic mass is 10.0. The van der Waals surface area contributed by atoms with Crippen molar-refractivity contribution in [2.24, 2.45) is 0 Å². The Bertz CT molecular complexity index is 1080. The molecular weight excluding hydrogens is 455 g/mol. The molecule has 0 aliphatic carbocycles. The Morgan fingerprint density at radius 1 is 1.00 bits per heavy atom. The molecule has 0 unspecified atom stereocenters. The number of rotatable bonds is 11. The zero-order chi connectivity index (χ0) is 24.3. The van der Waals surface area contributed by atoms with Gasteiger partial charge in [-0.2, -0.15) is 0 Å². The fourth-order valence-electron chi connectivity index (χ4n) is 3.49. The molecule has 1 N–H and O–H groups in total. The van der Waals surface area contributed by atoms with Crippen molar-refractivity contribution in [3.63, 3.8) is 0 Å². The van der Waals surface area contributed by atoms with Gasteiger partial charge in [0.15, 0.2) is 6.61 Å². The van der Waals surface area contributed by atoms with Crippen molar-refractivity contribution in [1.82, 2.24) is 10.2 Å². The number of carbonyl (C=O) groups excluding carboxylic acids is 2. The normalized spacial score (nSPS) is 11.5. The Hall–Kier alpha value is -3.38. The van der Waals surface area contributed by atoms with Crippen molar-refractivity contribution in [2.75, 3.05) is 13.2 Å². The molecule has 0 aromatic heterocycles. The molecule has 3 rings (SSSR count). The highest BCUT2D eigenvalue weighted by Gasteiger charge is 2.31. The number of carbonyl (C=O) groups is 2. The van der Waals surface area contributed by atoms with Crippen LogP contribution in [0.2, 0.25) is 5.02 Å². The SMILES string of the molecule is CCCNC(=O)[C@@H](Cc1ccccc1)N(Cc1ccccc1F)C(=O)COc1ccc(Cl)cc1. The molecule has 0 bridgehead atoms. The van der Waals surface area contributed by atoms with Gasteiger partial charge in [0.25, 0.3) is 5.91 Å². The molecule has 34 heavy (non-hydrogen) atoms. The first kappa shape index (κ1) is 25.2. The first-order valence-electron chi connectivity index (χ1n) is 11.2. The number of ether oxygens (including phenoxy) is 1. The van der Waals surface area contributed by atoms with Crippen LogP contribution in [0.3, 0.4) is 0 Å². The third-order valence-corrected chi connectivity index (χ3v) is 5.55. The number of hydrogen-bond acceptors (Lipinski definition) is 3. The van der Waals surface area contributed by atoms with Crippen molar-refractivity contribution >= 4 is 23.4 Å². The van der Waals surface area contributed by atoms with Gasteiger partial charge in [0.2, 0.25) is 5.91 Å². The van der Waals surface area contributed by atoms with Crippen LogP contribution >= 0.6 is 11.6 Å². The fourth-order valence-corrected chi connectivity index (χ4v) is 3.61. The van der Waals surface area contributed by atoms with Gasteiger partial charge in [0.1, 0.15) is 17.6 Å². The van der Waals surface area contributed by atoms with Gasteiger partial charge in [-0.3, -0.25) is 9.59 Å². The molecule has 0 fully saturated rings. The lowest BCUT2D eigenvalue weighted by Crippen LogP contribution is -2.51. The van der Waals surface area contributed by atoms with Crippen LogP contribution in [0.15, 0.2) is 78.9 Å². The molecule has 3 aromatic carbocycles. The minimum absolute atomic E-state index is 0.0630. The number of halogens is 2. The second-order valence-electron chi connectivity index (χ2n) is 7.85. The number of amides is 2. The van der Waals surface area contributed by atoms with Crippen molar-refractivity contribution in [3.8, 4) is 5.75 Å². The predicted molar refractivity (Wildman–Crippen MR) is 131 cm³/mol. The Kier molecular flexibility index (Phi) is 9.47. The number of nitrogens with one attached hydrogen (secondary N) is 1. The molecule has 0 saturated carbocycles. The summed E-state index contributed by atoms with van der Waals surface area (Å²) in [5.74, 6) is -0.683. The summed E-state index contributed by atoms with van der Waals surface area (Å²) in [6.45, 7) is 2.07. The Labute approximate surface area is 204 Å². The highest BCUT2D eigenvalue weighted by atomic mass is 35.5. The van der Waals surface area contributed by atoms with Gasteiger partial charge in [-0.25, -0.2) is 4.39 Å². The number of hydrogen-bond donors (Lipinski definition) is 1. The predicted octanol–water partition coefficient (Wildman–Crippen LogP) is 5.02. The second kappa shape index (κ2) is 12.8. The molecular formula is C27H28ClFN2O3. The van der Waals surface area contributed by atoms with Crippen LogP contribution in [-0.2, 0) is 22.6 Å².